The van der Waals surface area contributed by atoms with E-state index in [-0.39, 0.29) is 0 Å². The van der Waals surface area contributed by atoms with E-state index in [9.17, 15) is 0 Å². The van der Waals surface area contributed by atoms with Gasteiger partial charge in [0.15, 0.2) is 0 Å². The van der Waals surface area contributed by atoms with Crippen molar-refractivity contribution >= 4 is 11.6 Å². The minimum Gasteiger partial charge on any atom is -0.282 e. The van der Waals surface area contributed by atoms with Crippen LogP contribution in [-0.4, -0.2) is 10.2 Å². The summed E-state index contributed by atoms with van der Waals surface area (Å²) in [5.74, 6) is 0.693. The van der Waals surface area contributed by atoms with Crippen LogP contribution in [0.4, 0.5) is 0 Å². The van der Waals surface area contributed by atoms with Crippen molar-refractivity contribution in [2.24, 2.45) is 0 Å². The molecule has 0 spiro atoms. The molecule has 1 aromatic carbocycles. The summed E-state index contributed by atoms with van der Waals surface area (Å²) in [6.45, 7) is 0. The SMILES string of the molecule is Clc1ccc(-c2cn[nH]c2C2CC2)cc1. The molecule has 76 valence electrons. The zero-order valence-electron chi connectivity index (χ0n) is 8.20. The molecule has 0 radical (unpaired) electrons. The molecule has 2 aromatic rings. The van der Waals surface area contributed by atoms with Crippen LogP contribution >= 0.6 is 11.6 Å². The third-order valence-electron chi connectivity index (χ3n) is 2.81. The summed E-state index contributed by atoms with van der Waals surface area (Å²) in [6.07, 6.45) is 4.46. The maximum Gasteiger partial charge on any atom is 0.0568 e. The van der Waals surface area contributed by atoms with E-state index in [1.807, 2.05) is 30.5 Å². The fraction of sp³-hybridized carbons (Fsp3) is 0.250. The van der Waals surface area contributed by atoms with E-state index in [0.29, 0.717) is 5.92 Å². The molecule has 1 N–H and O–H groups in total. The Kier molecular flexibility index (Phi) is 2.03. The number of nitrogens with zero attached hydrogens (tertiary/aromatic N) is 1. The molecule has 1 aliphatic carbocycles. The predicted octanol–water partition coefficient (Wildman–Crippen LogP) is 3.61. The molecule has 1 aromatic heterocycles. The molecule has 0 bridgehead atoms. The highest BCUT2D eigenvalue weighted by molar-refractivity contribution is 6.30. The Morgan fingerprint density at radius 2 is 1.93 bits per heavy atom. The number of H-pyrrole nitrogens is 1. The first-order chi connectivity index (χ1) is 7.34. The summed E-state index contributed by atoms with van der Waals surface area (Å²) in [6, 6.07) is 7.92. The Balaban J connectivity index is 2.04. The molecular formula is C12H11ClN2. The van der Waals surface area contributed by atoms with Gasteiger partial charge in [-0.15, -0.1) is 0 Å². The molecule has 3 heteroatoms. The number of aromatic amines is 1. The first-order valence-corrected chi connectivity index (χ1v) is 5.51. The molecule has 1 fully saturated rings. The van der Waals surface area contributed by atoms with E-state index in [0.717, 1.165) is 5.02 Å². The molecule has 2 nitrogen and oxygen atoms in total. The molecule has 1 saturated carbocycles. The second-order valence-electron chi connectivity index (χ2n) is 3.98. The smallest absolute Gasteiger partial charge is 0.0568 e. The van der Waals surface area contributed by atoms with Gasteiger partial charge in [-0.2, -0.15) is 5.10 Å². The highest BCUT2D eigenvalue weighted by Crippen LogP contribution is 2.43. The normalized spacial score (nSPS) is 15.5. The van der Waals surface area contributed by atoms with Crippen LogP contribution in [0.5, 0.6) is 0 Å². The topological polar surface area (TPSA) is 28.7 Å². The van der Waals surface area contributed by atoms with Crippen LogP contribution in [0.1, 0.15) is 24.5 Å². The van der Waals surface area contributed by atoms with Gasteiger partial charge >= 0.3 is 0 Å². The van der Waals surface area contributed by atoms with Gasteiger partial charge < -0.3 is 0 Å². The standard InChI is InChI=1S/C12H11ClN2/c13-10-5-3-8(4-6-10)11-7-14-15-12(11)9-1-2-9/h3-7,9H,1-2H2,(H,14,15). The first-order valence-electron chi connectivity index (χ1n) is 5.14. The van der Waals surface area contributed by atoms with Crippen molar-refractivity contribution < 1.29 is 0 Å². The Morgan fingerprint density at radius 1 is 1.20 bits per heavy atom. The van der Waals surface area contributed by atoms with E-state index in [1.54, 1.807) is 0 Å². The summed E-state index contributed by atoms with van der Waals surface area (Å²) in [5, 5.41) is 8.00. The summed E-state index contributed by atoms with van der Waals surface area (Å²) in [5.41, 5.74) is 3.68. The molecular weight excluding hydrogens is 208 g/mol. The van der Waals surface area contributed by atoms with E-state index < -0.39 is 0 Å². The Labute approximate surface area is 93.3 Å². The van der Waals surface area contributed by atoms with Crippen molar-refractivity contribution in [1.29, 1.82) is 0 Å². The van der Waals surface area contributed by atoms with Crippen LogP contribution < -0.4 is 0 Å². The van der Waals surface area contributed by atoms with Crippen molar-refractivity contribution in [3.8, 4) is 11.1 Å². The monoisotopic (exact) mass is 218 g/mol. The molecule has 1 heterocycles. The van der Waals surface area contributed by atoms with Gasteiger partial charge in [-0.25, -0.2) is 0 Å². The lowest BCUT2D eigenvalue weighted by molar-refractivity contribution is 0.966. The van der Waals surface area contributed by atoms with E-state index in [1.165, 1.54) is 29.7 Å². The number of hydrogen-bond acceptors (Lipinski definition) is 1. The van der Waals surface area contributed by atoms with E-state index in [4.69, 9.17) is 11.6 Å². The molecule has 0 atom stereocenters. The Morgan fingerprint density at radius 3 is 2.60 bits per heavy atom. The maximum atomic E-state index is 5.86. The highest BCUT2D eigenvalue weighted by atomic mass is 35.5. The zero-order chi connectivity index (χ0) is 10.3. The average Bonchev–Trinajstić information content (AvgIpc) is 2.98. The summed E-state index contributed by atoms with van der Waals surface area (Å²) >= 11 is 5.86. The third-order valence-corrected chi connectivity index (χ3v) is 3.06. The lowest BCUT2D eigenvalue weighted by Crippen LogP contribution is -1.84. The summed E-state index contributed by atoms with van der Waals surface area (Å²) in [4.78, 5) is 0. The van der Waals surface area contributed by atoms with Crippen LogP contribution in [0.25, 0.3) is 11.1 Å². The summed E-state index contributed by atoms with van der Waals surface area (Å²) in [7, 11) is 0. The van der Waals surface area contributed by atoms with Gasteiger partial charge in [0.25, 0.3) is 0 Å². The molecule has 1 aliphatic rings. The van der Waals surface area contributed by atoms with Crippen molar-refractivity contribution in [3.63, 3.8) is 0 Å². The zero-order valence-corrected chi connectivity index (χ0v) is 8.96. The van der Waals surface area contributed by atoms with E-state index in [2.05, 4.69) is 10.2 Å². The molecule has 0 saturated heterocycles. The second kappa shape index (κ2) is 3.38. The number of rotatable bonds is 2. The number of benzene rings is 1. The predicted molar refractivity (Wildman–Crippen MR) is 61.0 cm³/mol. The number of aromatic nitrogens is 2. The Bertz CT molecular complexity index is 469. The van der Waals surface area contributed by atoms with Crippen molar-refractivity contribution in [1.82, 2.24) is 10.2 Å². The van der Waals surface area contributed by atoms with E-state index >= 15 is 0 Å². The van der Waals surface area contributed by atoms with Crippen LogP contribution in [-0.2, 0) is 0 Å². The van der Waals surface area contributed by atoms with Crippen LogP contribution in [0.2, 0.25) is 5.02 Å². The number of nitrogens with one attached hydrogen (secondary N) is 1. The van der Waals surface area contributed by atoms with Gasteiger partial charge in [0.1, 0.15) is 0 Å². The van der Waals surface area contributed by atoms with Gasteiger partial charge in [-0.1, -0.05) is 23.7 Å². The third kappa shape index (κ3) is 1.65. The van der Waals surface area contributed by atoms with Crippen LogP contribution in [0.15, 0.2) is 30.5 Å². The molecule has 0 unspecified atom stereocenters. The van der Waals surface area contributed by atoms with Crippen molar-refractivity contribution in [2.45, 2.75) is 18.8 Å². The quantitative estimate of drug-likeness (QED) is 0.820. The first kappa shape index (κ1) is 8.98. The maximum absolute atomic E-state index is 5.86. The molecule has 0 amide bonds. The molecule has 0 aliphatic heterocycles. The summed E-state index contributed by atoms with van der Waals surface area (Å²) < 4.78 is 0. The van der Waals surface area contributed by atoms with Gasteiger partial charge in [-0.3, -0.25) is 5.10 Å². The molecule has 15 heavy (non-hydrogen) atoms. The van der Waals surface area contributed by atoms with Gasteiger partial charge in [0, 0.05) is 22.2 Å². The highest BCUT2D eigenvalue weighted by Gasteiger charge is 2.27. The average molecular weight is 219 g/mol. The fourth-order valence-corrected chi connectivity index (χ4v) is 1.96. The van der Waals surface area contributed by atoms with Gasteiger partial charge in [0.05, 0.1) is 6.20 Å². The van der Waals surface area contributed by atoms with Gasteiger partial charge in [-0.05, 0) is 30.5 Å². The fourth-order valence-electron chi connectivity index (χ4n) is 1.84. The lowest BCUT2D eigenvalue weighted by atomic mass is 10.0. The van der Waals surface area contributed by atoms with Crippen molar-refractivity contribution in [2.75, 3.05) is 0 Å². The largest absolute Gasteiger partial charge is 0.282 e. The number of hydrogen-bond donors (Lipinski definition) is 1. The van der Waals surface area contributed by atoms with Crippen LogP contribution in [0, 0.1) is 0 Å². The van der Waals surface area contributed by atoms with Crippen molar-refractivity contribution in [3.05, 3.63) is 41.2 Å². The molecule has 3 rings (SSSR count). The second-order valence-corrected chi connectivity index (χ2v) is 4.41. The lowest BCUT2D eigenvalue weighted by Gasteiger charge is -2.01. The minimum absolute atomic E-state index is 0.693. The Hall–Kier alpha value is -1.28. The minimum atomic E-state index is 0.693. The van der Waals surface area contributed by atoms with Gasteiger partial charge in [0.2, 0.25) is 0 Å². The van der Waals surface area contributed by atoms with Crippen LogP contribution in [0.3, 0.4) is 0 Å². The number of halogens is 1.